The van der Waals surface area contributed by atoms with Crippen molar-refractivity contribution in [1.29, 1.82) is 0 Å². The lowest BCUT2D eigenvalue weighted by molar-refractivity contribution is -0.139. The van der Waals surface area contributed by atoms with Crippen molar-refractivity contribution < 1.29 is 28.2 Å². The van der Waals surface area contributed by atoms with Crippen LogP contribution in [0.4, 0.5) is 10.1 Å². The van der Waals surface area contributed by atoms with Crippen LogP contribution in [0, 0.1) is 5.82 Å². The summed E-state index contributed by atoms with van der Waals surface area (Å²) >= 11 is 3.33. The Bertz CT molecular complexity index is 1010. The SMILES string of the molecule is CC(C)OCCCNC(=O)C(=O)N/N=C\c1cc(Br)ccc1OCC(=O)Nc1ccc(F)cc1. The maximum atomic E-state index is 13.0. The summed E-state index contributed by atoms with van der Waals surface area (Å²) in [5.41, 5.74) is 3.03. The Balaban J connectivity index is 1.85. The van der Waals surface area contributed by atoms with Gasteiger partial charge in [-0.15, -0.1) is 0 Å². The molecule has 2 aromatic rings. The van der Waals surface area contributed by atoms with Crippen molar-refractivity contribution in [1.82, 2.24) is 10.7 Å². The van der Waals surface area contributed by atoms with Gasteiger partial charge in [0.25, 0.3) is 5.91 Å². The van der Waals surface area contributed by atoms with E-state index >= 15 is 0 Å². The predicted octanol–water partition coefficient (Wildman–Crippen LogP) is 2.99. The van der Waals surface area contributed by atoms with Crippen LogP contribution in [-0.2, 0) is 19.1 Å². The number of anilines is 1. The maximum Gasteiger partial charge on any atom is 0.329 e. The third-order valence-electron chi connectivity index (χ3n) is 4.09. The van der Waals surface area contributed by atoms with Crippen LogP contribution in [0.3, 0.4) is 0 Å². The molecule has 0 unspecified atom stereocenters. The number of hydrogen-bond donors (Lipinski definition) is 3. The van der Waals surface area contributed by atoms with Crippen LogP contribution < -0.4 is 20.8 Å². The van der Waals surface area contributed by atoms with E-state index in [-0.39, 0.29) is 12.7 Å². The van der Waals surface area contributed by atoms with Gasteiger partial charge in [0.15, 0.2) is 6.61 Å². The summed E-state index contributed by atoms with van der Waals surface area (Å²) in [5, 5.41) is 8.85. The Morgan fingerprint density at radius 1 is 1.12 bits per heavy atom. The van der Waals surface area contributed by atoms with E-state index in [2.05, 4.69) is 37.1 Å². The Morgan fingerprint density at radius 3 is 2.56 bits per heavy atom. The predicted molar refractivity (Wildman–Crippen MR) is 129 cm³/mol. The molecule has 0 spiro atoms. The maximum absolute atomic E-state index is 13.0. The highest BCUT2D eigenvalue weighted by Crippen LogP contribution is 2.22. The van der Waals surface area contributed by atoms with Crippen LogP contribution in [0.25, 0.3) is 0 Å². The summed E-state index contributed by atoms with van der Waals surface area (Å²) in [4.78, 5) is 35.8. The quantitative estimate of drug-likeness (QED) is 0.176. The number of halogens is 2. The van der Waals surface area contributed by atoms with E-state index < -0.39 is 23.5 Å². The fourth-order valence-electron chi connectivity index (χ4n) is 2.51. The first kappa shape index (κ1) is 26.9. The molecule has 9 nitrogen and oxygen atoms in total. The fourth-order valence-corrected chi connectivity index (χ4v) is 2.89. The standard InChI is InChI=1S/C23H26BrFN4O5/c1-15(2)33-11-3-10-26-22(31)23(32)29-27-13-16-12-17(24)4-9-20(16)34-14-21(30)28-19-7-5-18(25)6-8-19/h4-9,12-13,15H,3,10-11,14H2,1-2H3,(H,26,31)(H,28,30)(H,29,32)/b27-13-. The van der Waals surface area contributed by atoms with Crippen molar-refractivity contribution in [3.63, 3.8) is 0 Å². The van der Waals surface area contributed by atoms with Crippen molar-refractivity contribution >= 4 is 45.6 Å². The van der Waals surface area contributed by atoms with Gasteiger partial charge in [-0.25, -0.2) is 9.82 Å². The molecule has 0 bridgehead atoms. The summed E-state index contributed by atoms with van der Waals surface area (Å²) in [6.07, 6.45) is 1.97. The third kappa shape index (κ3) is 10.1. The van der Waals surface area contributed by atoms with Crippen molar-refractivity contribution in [2.75, 3.05) is 25.1 Å². The highest BCUT2D eigenvalue weighted by Gasteiger charge is 2.12. The molecular formula is C23H26BrFN4O5. The second-order valence-corrected chi connectivity index (χ2v) is 8.17. The molecular weight excluding hydrogens is 511 g/mol. The summed E-state index contributed by atoms with van der Waals surface area (Å²) in [6.45, 7) is 4.29. The number of nitrogens with zero attached hydrogens (tertiary/aromatic N) is 1. The number of carbonyl (C=O) groups is 3. The van der Waals surface area contributed by atoms with Gasteiger partial charge in [0.1, 0.15) is 11.6 Å². The summed E-state index contributed by atoms with van der Waals surface area (Å²) in [7, 11) is 0. The van der Waals surface area contributed by atoms with Crippen molar-refractivity contribution in [2.24, 2.45) is 5.10 Å². The van der Waals surface area contributed by atoms with E-state index in [1.807, 2.05) is 13.8 Å². The molecule has 0 radical (unpaired) electrons. The Kier molecular flexibility index (Phi) is 11.1. The second-order valence-electron chi connectivity index (χ2n) is 7.25. The van der Waals surface area contributed by atoms with Gasteiger partial charge in [-0.3, -0.25) is 14.4 Å². The van der Waals surface area contributed by atoms with Crippen LogP contribution in [0.15, 0.2) is 52.0 Å². The minimum Gasteiger partial charge on any atom is -0.483 e. The second kappa shape index (κ2) is 14.1. The molecule has 2 rings (SSSR count). The molecule has 0 aromatic heterocycles. The number of hydrazone groups is 1. The average Bonchev–Trinajstić information content (AvgIpc) is 2.79. The Morgan fingerprint density at radius 2 is 1.85 bits per heavy atom. The molecule has 0 aliphatic carbocycles. The van der Waals surface area contributed by atoms with Gasteiger partial charge < -0.3 is 20.1 Å². The molecule has 0 heterocycles. The first-order chi connectivity index (χ1) is 16.2. The number of rotatable bonds is 11. The van der Waals surface area contributed by atoms with Crippen LogP contribution in [0.5, 0.6) is 5.75 Å². The van der Waals surface area contributed by atoms with Crippen molar-refractivity contribution in [2.45, 2.75) is 26.4 Å². The molecule has 0 saturated heterocycles. The number of nitrogens with one attached hydrogen (secondary N) is 3. The lowest BCUT2D eigenvalue weighted by Crippen LogP contribution is -2.38. The number of hydrogen-bond acceptors (Lipinski definition) is 6. The first-order valence-corrected chi connectivity index (χ1v) is 11.2. The molecule has 182 valence electrons. The average molecular weight is 537 g/mol. The molecule has 3 N–H and O–H groups in total. The smallest absolute Gasteiger partial charge is 0.329 e. The molecule has 0 aliphatic heterocycles. The highest BCUT2D eigenvalue weighted by molar-refractivity contribution is 9.10. The van der Waals surface area contributed by atoms with Crippen LogP contribution >= 0.6 is 15.9 Å². The zero-order chi connectivity index (χ0) is 24.9. The summed E-state index contributed by atoms with van der Waals surface area (Å²) < 4.78 is 24.6. The minimum atomic E-state index is -0.919. The lowest BCUT2D eigenvalue weighted by atomic mass is 10.2. The zero-order valence-electron chi connectivity index (χ0n) is 18.8. The molecule has 0 atom stereocenters. The number of benzene rings is 2. The Labute approximate surface area is 205 Å². The fraction of sp³-hybridized carbons (Fsp3) is 0.304. The molecule has 3 amide bonds. The summed E-state index contributed by atoms with van der Waals surface area (Å²) in [5.74, 6) is -2.26. The molecule has 34 heavy (non-hydrogen) atoms. The van der Waals surface area contributed by atoms with E-state index in [1.165, 1.54) is 30.5 Å². The largest absolute Gasteiger partial charge is 0.483 e. The van der Waals surface area contributed by atoms with Crippen LogP contribution in [-0.4, -0.2) is 49.8 Å². The van der Waals surface area contributed by atoms with Gasteiger partial charge in [-0.2, -0.15) is 5.10 Å². The molecule has 0 fully saturated rings. The van der Waals surface area contributed by atoms with E-state index in [9.17, 15) is 18.8 Å². The van der Waals surface area contributed by atoms with Gasteiger partial charge >= 0.3 is 11.8 Å². The van der Waals surface area contributed by atoms with E-state index in [0.717, 1.165) is 0 Å². The first-order valence-electron chi connectivity index (χ1n) is 10.4. The molecule has 0 saturated carbocycles. The van der Waals surface area contributed by atoms with Crippen LogP contribution in [0.1, 0.15) is 25.8 Å². The van der Waals surface area contributed by atoms with Crippen molar-refractivity contribution in [3.8, 4) is 5.75 Å². The number of amides is 3. The molecule has 11 heteroatoms. The van der Waals surface area contributed by atoms with Crippen molar-refractivity contribution in [3.05, 3.63) is 58.3 Å². The van der Waals surface area contributed by atoms with Crippen LogP contribution in [0.2, 0.25) is 0 Å². The van der Waals surface area contributed by atoms with Gasteiger partial charge in [-0.1, -0.05) is 15.9 Å². The van der Waals surface area contributed by atoms with Gasteiger partial charge in [0.2, 0.25) is 0 Å². The topological polar surface area (TPSA) is 118 Å². The van der Waals surface area contributed by atoms with E-state index in [1.54, 1.807) is 18.2 Å². The third-order valence-corrected chi connectivity index (χ3v) is 4.59. The number of ether oxygens (including phenoxy) is 2. The van der Waals surface area contributed by atoms with Gasteiger partial charge in [0, 0.05) is 28.9 Å². The molecule has 2 aromatic carbocycles. The van der Waals surface area contributed by atoms with Gasteiger partial charge in [-0.05, 0) is 62.7 Å². The monoisotopic (exact) mass is 536 g/mol. The van der Waals surface area contributed by atoms with E-state index in [4.69, 9.17) is 9.47 Å². The molecule has 0 aliphatic rings. The Hall–Kier alpha value is -3.31. The lowest BCUT2D eigenvalue weighted by Gasteiger charge is -2.10. The zero-order valence-corrected chi connectivity index (χ0v) is 20.4. The highest BCUT2D eigenvalue weighted by atomic mass is 79.9. The van der Waals surface area contributed by atoms with Gasteiger partial charge in [0.05, 0.1) is 12.3 Å². The van der Waals surface area contributed by atoms with E-state index in [0.29, 0.717) is 41.0 Å². The normalized spacial score (nSPS) is 10.9. The number of carbonyl (C=O) groups excluding carboxylic acids is 3. The summed E-state index contributed by atoms with van der Waals surface area (Å²) in [6, 6.07) is 10.3. The minimum absolute atomic E-state index is 0.101.